The van der Waals surface area contributed by atoms with Crippen LogP contribution >= 0.6 is 0 Å². The Kier molecular flexibility index (Phi) is 11.5. The maximum atomic E-state index is 13.8. The Labute approximate surface area is 261 Å². The number of nitrogens with zero attached hydrogens (tertiary/aromatic N) is 2. The third-order valence-corrected chi connectivity index (χ3v) is 7.41. The van der Waals surface area contributed by atoms with Gasteiger partial charge in [0.1, 0.15) is 6.04 Å². The molecule has 3 N–H and O–H groups in total. The van der Waals surface area contributed by atoms with Crippen molar-refractivity contribution in [2.75, 3.05) is 32.6 Å². The molecule has 12 heteroatoms. The van der Waals surface area contributed by atoms with Gasteiger partial charge in [-0.1, -0.05) is 18.2 Å². The number of para-hydroxylation sites is 1. The molecule has 3 aromatic carbocycles. The normalized spacial score (nSPS) is 13.0. The highest BCUT2D eigenvalue weighted by molar-refractivity contribution is 5.95. The van der Waals surface area contributed by atoms with Crippen molar-refractivity contribution in [1.29, 1.82) is 0 Å². The average molecular weight is 616 g/mol. The van der Waals surface area contributed by atoms with Crippen LogP contribution < -0.4 is 25.4 Å². The van der Waals surface area contributed by atoms with Gasteiger partial charge in [0.05, 0.1) is 19.1 Å². The van der Waals surface area contributed by atoms with Gasteiger partial charge in [0.25, 0.3) is 5.69 Å². The molecular weight excluding hydrogens is 578 g/mol. The highest BCUT2D eigenvalue weighted by Crippen LogP contribution is 2.33. The van der Waals surface area contributed by atoms with Gasteiger partial charge in [-0.05, 0) is 84.8 Å². The molecule has 45 heavy (non-hydrogen) atoms. The van der Waals surface area contributed by atoms with Gasteiger partial charge in [-0.15, -0.1) is 0 Å². The number of benzene rings is 3. The molecule has 0 saturated heterocycles. The van der Waals surface area contributed by atoms with Crippen molar-refractivity contribution < 1.29 is 28.8 Å². The molecule has 1 aliphatic rings. The van der Waals surface area contributed by atoms with Crippen LogP contribution in [0, 0.1) is 10.1 Å². The van der Waals surface area contributed by atoms with Gasteiger partial charge < -0.3 is 30.3 Å². The summed E-state index contributed by atoms with van der Waals surface area (Å²) in [5.74, 6) is 0.542. The smallest absolute Gasteiger partial charge is 0.319 e. The molecule has 1 heterocycles. The van der Waals surface area contributed by atoms with Crippen molar-refractivity contribution in [3.05, 3.63) is 99.6 Å². The Morgan fingerprint density at radius 3 is 2.33 bits per heavy atom. The Morgan fingerprint density at radius 1 is 0.978 bits per heavy atom. The molecule has 4 rings (SSSR count). The maximum Gasteiger partial charge on any atom is 0.319 e. The zero-order chi connectivity index (χ0) is 32.2. The number of carbonyl (C=O) groups is 3. The molecule has 0 fully saturated rings. The topological polar surface area (TPSA) is 152 Å². The number of ether oxygens (including phenoxy) is 2. The number of nitrogens with one attached hydrogen (secondary N) is 3. The lowest BCUT2D eigenvalue weighted by Gasteiger charge is -2.32. The van der Waals surface area contributed by atoms with Gasteiger partial charge in [0, 0.05) is 43.5 Å². The van der Waals surface area contributed by atoms with Gasteiger partial charge in [-0.25, -0.2) is 4.79 Å². The zero-order valence-corrected chi connectivity index (χ0v) is 25.3. The fraction of sp³-hybridized carbons (Fsp3) is 0.303. The first-order valence-electron chi connectivity index (χ1n) is 14.6. The number of methoxy groups -OCH3 is 2. The molecule has 1 unspecified atom stereocenters. The molecule has 236 valence electrons. The second kappa shape index (κ2) is 15.9. The number of carbonyl (C=O) groups excluding carboxylic acids is 3. The van der Waals surface area contributed by atoms with Gasteiger partial charge in [-0.2, -0.15) is 0 Å². The van der Waals surface area contributed by atoms with Gasteiger partial charge in [0.2, 0.25) is 11.8 Å². The number of hydrogen-bond acceptors (Lipinski definition) is 7. The number of amides is 4. The number of nitro groups is 1. The van der Waals surface area contributed by atoms with E-state index in [0.29, 0.717) is 68.1 Å². The van der Waals surface area contributed by atoms with Crippen molar-refractivity contribution in [3.63, 3.8) is 0 Å². The Bertz CT molecular complexity index is 1530. The van der Waals surface area contributed by atoms with Crippen LogP contribution in [-0.4, -0.2) is 61.0 Å². The standard InChI is InChI=1S/C33H37N5O7/c1-44-29-20-24-17-19-37(22-25(24)21-30(29)45-2)32(40)28(10-6-7-18-34-33(41)35-26-8-4-3-5-9-26)36-31(39)16-13-23-11-14-27(15-12-23)38(42)43/h3-5,8-9,11-16,20-21,28H,6-7,10,17-19,22H2,1-2H3,(H,36,39)(H2,34,35,41)/b16-13+. The fourth-order valence-corrected chi connectivity index (χ4v) is 5.02. The van der Waals surface area contributed by atoms with Crippen molar-refractivity contribution in [3.8, 4) is 11.5 Å². The molecule has 0 spiro atoms. The molecule has 0 aromatic heterocycles. The van der Waals surface area contributed by atoms with Crippen LogP contribution in [0.2, 0.25) is 0 Å². The second-order valence-corrected chi connectivity index (χ2v) is 10.5. The quantitative estimate of drug-likeness (QED) is 0.109. The minimum Gasteiger partial charge on any atom is -0.493 e. The number of rotatable bonds is 13. The lowest BCUT2D eigenvalue weighted by molar-refractivity contribution is -0.384. The van der Waals surface area contributed by atoms with E-state index in [2.05, 4.69) is 16.0 Å². The maximum absolute atomic E-state index is 13.8. The van der Waals surface area contributed by atoms with E-state index in [9.17, 15) is 24.5 Å². The molecular formula is C33H37N5O7. The third-order valence-electron chi connectivity index (χ3n) is 7.41. The SMILES string of the molecule is COc1cc2c(cc1OC)CN(C(=O)C(CCCCNC(=O)Nc1ccccc1)NC(=O)/C=C/c1ccc([N+](=O)[O-])cc1)CC2. The Balaban J connectivity index is 1.38. The summed E-state index contributed by atoms with van der Waals surface area (Å²) in [6.07, 6.45) is 5.01. The van der Waals surface area contributed by atoms with Crippen molar-refractivity contribution in [2.24, 2.45) is 0 Å². The van der Waals surface area contributed by atoms with Crippen LogP contribution in [0.25, 0.3) is 6.08 Å². The third kappa shape index (κ3) is 9.30. The summed E-state index contributed by atoms with van der Waals surface area (Å²) in [7, 11) is 3.14. The first-order valence-corrected chi connectivity index (χ1v) is 14.6. The molecule has 3 aromatic rings. The summed E-state index contributed by atoms with van der Waals surface area (Å²) < 4.78 is 10.9. The Hall–Kier alpha value is -5.39. The number of hydrogen-bond donors (Lipinski definition) is 3. The highest BCUT2D eigenvalue weighted by atomic mass is 16.6. The van der Waals surface area contributed by atoms with Crippen molar-refractivity contribution >= 4 is 35.3 Å². The van der Waals surface area contributed by atoms with Crippen molar-refractivity contribution in [1.82, 2.24) is 15.5 Å². The van der Waals surface area contributed by atoms with E-state index < -0.39 is 16.9 Å². The van der Waals surface area contributed by atoms with E-state index in [4.69, 9.17) is 9.47 Å². The number of urea groups is 1. The monoisotopic (exact) mass is 615 g/mol. The van der Waals surface area contributed by atoms with Gasteiger partial charge >= 0.3 is 6.03 Å². The lowest BCUT2D eigenvalue weighted by Crippen LogP contribution is -2.49. The fourth-order valence-electron chi connectivity index (χ4n) is 5.02. The summed E-state index contributed by atoms with van der Waals surface area (Å²) in [6.45, 7) is 1.24. The molecule has 4 amide bonds. The van der Waals surface area contributed by atoms with E-state index in [0.717, 1.165) is 11.1 Å². The van der Waals surface area contributed by atoms with E-state index in [1.807, 2.05) is 30.3 Å². The summed E-state index contributed by atoms with van der Waals surface area (Å²) >= 11 is 0. The van der Waals surface area contributed by atoms with Crippen LogP contribution in [0.1, 0.15) is 36.0 Å². The van der Waals surface area contributed by atoms with Crippen LogP contribution in [0.15, 0.2) is 72.8 Å². The molecule has 12 nitrogen and oxygen atoms in total. The van der Waals surface area contributed by atoms with E-state index in [-0.39, 0.29) is 17.6 Å². The van der Waals surface area contributed by atoms with Crippen LogP contribution in [0.5, 0.6) is 11.5 Å². The highest BCUT2D eigenvalue weighted by Gasteiger charge is 2.29. The van der Waals surface area contributed by atoms with Gasteiger partial charge in [-0.3, -0.25) is 19.7 Å². The minimum absolute atomic E-state index is 0.0477. The molecule has 0 radical (unpaired) electrons. The molecule has 0 aliphatic carbocycles. The number of anilines is 1. The lowest BCUT2D eigenvalue weighted by atomic mass is 9.97. The Morgan fingerprint density at radius 2 is 1.67 bits per heavy atom. The van der Waals surface area contributed by atoms with Crippen LogP contribution in [0.4, 0.5) is 16.2 Å². The van der Waals surface area contributed by atoms with Crippen molar-refractivity contribution in [2.45, 2.75) is 38.3 Å². The first kappa shape index (κ1) is 32.5. The van der Waals surface area contributed by atoms with E-state index >= 15 is 0 Å². The number of fused-ring (bicyclic) bond motifs is 1. The minimum atomic E-state index is -0.793. The van der Waals surface area contributed by atoms with Crippen LogP contribution in [-0.2, 0) is 22.6 Å². The molecule has 1 aliphatic heterocycles. The largest absolute Gasteiger partial charge is 0.493 e. The first-order chi connectivity index (χ1) is 21.8. The van der Waals surface area contributed by atoms with E-state index in [1.165, 1.54) is 24.3 Å². The summed E-state index contributed by atoms with van der Waals surface area (Å²) in [5, 5.41) is 19.3. The number of nitro benzene ring substituents is 1. The predicted octanol–water partition coefficient (Wildman–Crippen LogP) is 4.69. The summed E-state index contributed by atoms with van der Waals surface area (Å²) in [5.41, 5.74) is 3.26. The van der Waals surface area contributed by atoms with E-state index in [1.54, 1.807) is 43.4 Å². The summed E-state index contributed by atoms with van der Waals surface area (Å²) in [4.78, 5) is 51.0. The second-order valence-electron chi connectivity index (χ2n) is 10.5. The zero-order valence-electron chi connectivity index (χ0n) is 25.3. The molecule has 1 atom stereocenters. The van der Waals surface area contributed by atoms with Gasteiger partial charge in [0.15, 0.2) is 11.5 Å². The average Bonchev–Trinajstić information content (AvgIpc) is 3.06. The van der Waals surface area contributed by atoms with Crippen LogP contribution in [0.3, 0.4) is 0 Å². The number of unbranched alkanes of at least 4 members (excludes halogenated alkanes) is 1. The number of non-ortho nitro benzene ring substituents is 1. The summed E-state index contributed by atoms with van der Waals surface area (Å²) in [6, 6.07) is 17.6. The predicted molar refractivity (Wildman–Crippen MR) is 170 cm³/mol. The molecule has 0 bridgehead atoms. The molecule has 0 saturated carbocycles.